The molecule has 0 aliphatic heterocycles. The van der Waals surface area contributed by atoms with Gasteiger partial charge < -0.3 is 5.32 Å². The van der Waals surface area contributed by atoms with Crippen LogP contribution < -0.4 is 5.32 Å². The smallest absolute Gasteiger partial charge is 0.251 e. The van der Waals surface area contributed by atoms with Crippen molar-refractivity contribution in [2.45, 2.75) is 39.7 Å². The van der Waals surface area contributed by atoms with Crippen molar-refractivity contribution in [2.24, 2.45) is 0 Å². The van der Waals surface area contributed by atoms with Crippen molar-refractivity contribution in [3.8, 4) is 16.8 Å². The van der Waals surface area contributed by atoms with Crippen molar-refractivity contribution in [2.75, 3.05) is 0 Å². The molecule has 0 saturated heterocycles. The van der Waals surface area contributed by atoms with Gasteiger partial charge in [-0.2, -0.15) is 4.68 Å². The van der Waals surface area contributed by atoms with Gasteiger partial charge >= 0.3 is 0 Å². The van der Waals surface area contributed by atoms with Crippen LogP contribution in [0.4, 0.5) is 0 Å². The molecule has 1 atom stereocenters. The number of aromatic nitrogens is 6. The Morgan fingerprint density at radius 1 is 0.969 bits per heavy atom. The molecule has 2 heterocycles. The lowest BCUT2D eigenvalue weighted by atomic mass is 10.00. The van der Waals surface area contributed by atoms with E-state index in [9.17, 15) is 4.79 Å². The Balaban J connectivity index is 1.75. The predicted molar refractivity (Wildman–Crippen MR) is 121 cm³/mol. The third kappa shape index (κ3) is 4.54. The van der Waals surface area contributed by atoms with E-state index in [0.717, 1.165) is 28.2 Å². The fraction of sp³-hybridized carbons (Fsp3) is 0.250. The van der Waals surface area contributed by atoms with Crippen LogP contribution in [0.3, 0.4) is 0 Å². The molecule has 0 radical (unpaired) electrons. The van der Waals surface area contributed by atoms with Crippen LogP contribution in [-0.4, -0.2) is 36.1 Å². The van der Waals surface area contributed by atoms with E-state index in [1.165, 1.54) is 11.9 Å². The number of rotatable bonds is 6. The molecular formula is C24H25N7O. The minimum Gasteiger partial charge on any atom is -0.345 e. The Morgan fingerprint density at radius 2 is 1.69 bits per heavy atom. The van der Waals surface area contributed by atoms with Gasteiger partial charge in [-0.1, -0.05) is 43.7 Å². The van der Waals surface area contributed by atoms with Gasteiger partial charge in [0.15, 0.2) is 5.82 Å². The van der Waals surface area contributed by atoms with Crippen molar-refractivity contribution in [3.05, 3.63) is 83.7 Å². The quantitative estimate of drug-likeness (QED) is 0.499. The summed E-state index contributed by atoms with van der Waals surface area (Å²) in [6.45, 7) is 8.01. The van der Waals surface area contributed by atoms with E-state index in [-0.39, 0.29) is 17.9 Å². The maximum atomic E-state index is 13.2. The second-order valence-electron chi connectivity index (χ2n) is 8.11. The van der Waals surface area contributed by atoms with Gasteiger partial charge in [0, 0.05) is 29.4 Å². The number of nitrogens with zero attached hydrogens (tertiary/aromatic N) is 6. The van der Waals surface area contributed by atoms with Crippen LogP contribution in [0.15, 0.2) is 61.2 Å². The van der Waals surface area contributed by atoms with Gasteiger partial charge in [0.05, 0.1) is 11.7 Å². The number of tetrazole rings is 1. The van der Waals surface area contributed by atoms with Gasteiger partial charge in [0.2, 0.25) is 0 Å². The molecule has 0 saturated carbocycles. The summed E-state index contributed by atoms with van der Waals surface area (Å²) in [6.07, 6.45) is 4.86. The molecule has 0 spiro atoms. The maximum Gasteiger partial charge on any atom is 0.251 e. The van der Waals surface area contributed by atoms with E-state index in [2.05, 4.69) is 42.9 Å². The summed E-state index contributed by atoms with van der Waals surface area (Å²) in [5.41, 5.74) is 5.18. The molecule has 1 amide bonds. The summed E-state index contributed by atoms with van der Waals surface area (Å²) >= 11 is 0. The third-order valence-electron chi connectivity index (χ3n) is 5.25. The van der Waals surface area contributed by atoms with Crippen LogP contribution in [0.25, 0.3) is 16.8 Å². The molecule has 1 unspecified atom stereocenters. The molecule has 2 aromatic heterocycles. The maximum absolute atomic E-state index is 13.2. The highest BCUT2D eigenvalue weighted by molar-refractivity contribution is 5.96. The molecule has 162 valence electrons. The van der Waals surface area contributed by atoms with E-state index in [0.29, 0.717) is 5.56 Å². The Morgan fingerprint density at radius 3 is 2.38 bits per heavy atom. The predicted octanol–water partition coefficient (Wildman–Crippen LogP) is 4.04. The summed E-state index contributed by atoms with van der Waals surface area (Å²) in [6, 6.07) is 13.6. The first-order valence-corrected chi connectivity index (χ1v) is 10.5. The lowest BCUT2D eigenvalue weighted by Crippen LogP contribution is -2.27. The minimum atomic E-state index is -0.241. The van der Waals surface area contributed by atoms with Gasteiger partial charge in [-0.05, 0) is 53.6 Å². The van der Waals surface area contributed by atoms with E-state index >= 15 is 0 Å². The Bertz CT molecular complexity index is 1220. The fourth-order valence-corrected chi connectivity index (χ4v) is 3.41. The summed E-state index contributed by atoms with van der Waals surface area (Å²) in [5, 5.41) is 15.2. The summed E-state index contributed by atoms with van der Waals surface area (Å²) < 4.78 is 1.69. The Labute approximate surface area is 186 Å². The monoisotopic (exact) mass is 427 g/mol. The highest BCUT2D eigenvalue weighted by Gasteiger charge is 2.18. The van der Waals surface area contributed by atoms with Crippen LogP contribution in [0.1, 0.15) is 60.0 Å². The van der Waals surface area contributed by atoms with Crippen molar-refractivity contribution in [1.82, 2.24) is 35.5 Å². The molecule has 1 N–H and O–H groups in total. The zero-order valence-corrected chi connectivity index (χ0v) is 18.5. The van der Waals surface area contributed by atoms with Crippen molar-refractivity contribution in [3.63, 3.8) is 0 Å². The minimum absolute atomic E-state index is 0.128. The molecule has 2 aromatic carbocycles. The summed E-state index contributed by atoms with van der Waals surface area (Å²) in [4.78, 5) is 21.3. The zero-order chi connectivity index (χ0) is 22.7. The number of amides is 1. The molecule has 0 fully saturated rings. The number of carbonyl (C=O) groups excluding carboxylic acids is 1. The molecule has 32 heavy (non-hydrogen) atoms. The normalized spacial score (nSPS) is 12.0. The summed E-state index contributed by atoms with van der Waals surface area (Å²) in [5.74, 6) is 0.659. The largest absolute Gasteiger partial charge is 0.345 e. The van der Waals surface area contributed by atoms with Gasteiger partial charge in [0.1, 0.15) is 6.33 Å². The van der Waals surface area contributed by atoms with Crippen molar-refractivity contribution in [1.29, 1.82) is 0 Å². The van der Waals surface area contributed by atoms with E-state index in [1.54, 1.807) is 17.1 Å². The second kappa shape index (κ2) is 9.05. The first-order valence-electron chi connectivity index (χ1n) is 10.5. The van der Waals surface area contributed by atoms with Crippen LogP contribution in [-0.2, 0) is 0 Å². The number of hydrogen-bond acceptors (Lipinski definition) is 6. The van der Waals surface area contributed by atoms with E-state index < -0.39 is 0 Å². The number of aryl methyl sites for hydroxylation is 1. The van der Waals surface area contributed by atoms with Gasteiger partial charge in [-0.15, -0.1) is 5.10 Å². The van der Waals surface area contributed by atoms with Gasteiger partial charge in [-0.3, -0.25) is 4.79 Å². The highest BCUT2D eigenvalue weighted by atomic mass is 16.1. The van der Waals surface area contributed by atoms with Crippen molar-refractivity contribution >= 4 is 5.91 Å². The third-order valence-corrected chi connectivity index (χ3v) is 5.25. The number of benzene rings is 2. The average molecular weight is 428 g/mol. The first kappa shape index (κ1) is 21.3. The van der Waals surface area contributed by atoms with Crippen LogP contribution in [0, 0.1) is 6.92 Å². The van der Waals surface area contributed by atoms with Crippen LogP contribution in [0.2, 0.25) is 0 Å². The van der Waals surface area contributed by atoms with Crippen molar-refractivity contribution < 1.29 is 4.79 Å². The zero-order valence-electron chi connectivity index (χ0n) is 18.5. The molecule has 0 bridgehead atoms. The van der Waals surface area contributed by atoms with Crippen LogP contribution in [0.5, 0.6) is 0 Å². The Kier molecular flexibility index (Phi) is 6.02. The first-order chi connectivity index (χ1) is 15.4. The summed E-state index contributed by atoms with van der Waals surface area (Å²) in [7, 11) is 0. The fourth-order valence-electron chi connectivity index (χ4n) is 3.41. The molecule has 0 aliphatic carbocycles. The Hall–Kier alpha value is -3.94. The highest BCUT2D eigenvalue weighted by Crippen LogP contribution is 2.26. The molecule has 8 nitrogen and oxygen atoms in total. The van der Waals surface area contributed by atoms with Gasteiger partial charge in [-0.25, -0.2) is 9.97 Å². The molecule has 8 heteroatoms. The van der Waals surface area contributed by atoms with E-state index in [1.807, 2.05) is 58.0 Å². The lowest BCUT2D eigenvalue weighted by molar-refractivity contribution is 0.0940. The molecule has 0 aliphatic rings. The lowest BCUT2D eigenvalue weighted by Gasteiger charge is -2.16. The van der Waals surface area contributed by atoms with Gasteiger partial charge in [0.25, 0.3) is 5.91 Å². The number of nitrogens with one attached hydrogen (secondary N) is 1. The topological polar surface area (TPSA) is 98.5 Å². The van der Waals surface area contributed by atoms with E-state index in [4.69, 9.17) is 0 Å². The SMILES string of the molecule is Cc1ccc(-c2cc(C(=O)NC(C)c3cncnc3)cc(-n3nnnc3C(C)C)c2)cc1. The number of carbonyl (C=O) groups is 1. The standard InChI is InChI=1S/C24H25N7O/c1-15(2)23-28-29-30-31(23)22-10-19(18-7-5-16(3)6-8-18)9-20(11-22)24(32)27-17(4)21-12-25-14-26-13-21/h5-15,17H,1-4H3,(H,27,32). The number of hydrogen-bond donors (Lipinski definition) is 1. The van der Waals surface area contributed by atoms with Crippen LogP contribution >= 0.6 is 0 Å². The average Bonchev–Trinajstić information content (AvgIpc) is 3.30. The second-order valence-corrected chi connectivity index (χ2v) is 8.11. The molecule has 4 rings (SSSR count). The molecular weight excluding hydrogens is 402 g/mol. The molecule has 4 aromatic rings.